The minimum absolute atomic E-state index is 0.305. The fraction of sp³-hybridized carbons (Fsp3) is 0.222. The highest BCUT2D eigenvalue weighted by Gasteiger charge is 2.12. The van der Waals surface area contributed by atoms with Crippen molar-refractivity contribution in [3.05, 3.63) is 64.7 Å². The van der Waals surface area contributed by atoms with E-state index in [2.05, 4.69) is 5.32 Å². The van der Waals surface area contributed by atoms with E-state index in [0.29, 0.717) is 5.56 Å². The first-order chi connectivity index (χ1) is 10.5. The topological polar surface area (TPSA) is 55.4 Å². The molecule has 0 saturated carbocycles. The van der Waals surface area contributed by atoms with E-state index in [9.17, 15) is 9.59 Å². The molecule has 0 bridgehead atoms. The Morgan fingerprint density at radius 3 is 2.41 bits per heavy atom. The Morgan fingerprint density at radius 2 is 1.73 bits per heavy atom. The molecule has 1 N–H and O–H groups in total. The second-order valence-corrected chi connectivity index (χ2v) is 5.26. The van der Waals surface area contributed by atoms with E-state index < -0.39 is 5.97 Å². The molecule has 0 unspecified atom stereocenters. The first kappa shape index (κ1) is 15.8. The maximum Gasteiger partial charge on any atom is 0.338 e. The number of rotatable bonds is 4. The van der Waals surface area contributed by atoms with Gasteiger partial charge in [0.2, 0.25) is 0 Å². The molecule has 2 aromatic rings. The van der Waals surface area contributed by atoms with E-state index >= 15 is 0 Å². The summed E-state index contributed by atoms with van der Waals surface area (Å²) in [4.78, 5) is 23.8. The molecule has 1 amide bonds. The average molecular weight is 297 g/mol. The molecule has 114 valence electrons. The largest absolute Gasteiger partial charge is 0.452 e. The fourth-order valence-electron chi connectivity index (χ4n) is 2.15. The third-order valence-electron chi connectivity index (χ3n) is 3.36. The minimum atomic E-state index is -0.492. The second kappa shape index (κ2) is 6.89. The summed E-state index contributed by atoms with van der Waals surface area (Å²) in [6, 6.07) is 12.9. The van der Waals surface area contributed by atoms with Crippen molar-refractivity contribution in [1.29, 1.82) is 0 Å². The van der Waals surface area contributed by atoms with Crippen molar-refractivity contribution < 1.29 is 14.3 Å². The number of hydrogen-bond donors (Lipinski definition) is 1. The van der Waals surface area contributed by atoms with Crippen molar-refractivity contribution in [3.8, 4) is 0 Å². The molecule has 0 aliphatic heterocycles. The van der Waals surface area contributed by atoms with Crippen LogP contribution in [0.15, 0.2) is 42.5 Å². The molecule has 0 aromatic heterocycles. The Bertz CT molecular complexity index is 707. The van der Waals surface area contributed by atoms with Crippen LogP contribution in [-0.2, 0) is 9.53 Å². The lowest BCUT2D eigenvalue weighted by atomic mass is 10.1. The predicted molar refractivity (Wildman–Crippen MR) is 86.0 cm³/mol. The van der Waals surface area contributed by atoms with E-state index in [1.807, 2.05) is 51.1 Å². The number of nitrogens with one attached hydrogen (secondary N) is 1. The van der Waals surface area contributed by atoms with Gasteiger partial charge in [-0.3, -0.25) is 4.79 Å². The van der Waals surface area contributed by atoms with Crippen molar-refractivity contribution in [2.75, 3.05) is 11.9 Å². The Hall–Kier alpha value is -2.62. The van der Waals surface area contributed by atoms with Crippen LogP contribution in [0.3, 0.4) is 0 Å². The maximum absolute atomic E-state index is 11.9. The molecule has 4 heteroatoms. The quantitative estimate of drug-likeness (QED) is 0.880. The highest BCUT2D eigenvalue weighted by atomic mass is 16.5. The van der Waals surface area contributed by atoms with Crippen LogP contribution in [0.5, 0.6) is 0 Å². The van der Waals surface area contributed by atoms with Crippen LogP contribution in [-0.4, -0.2) is 18.5 Å². The van der Waals surface area contributed by atoms with Crippen LogP contribution in [0.25, 0.3) is 0 Å². The summed E-state index contributed by atoms with van der Waals surface area (Å²) in [7, 11) is 0. The first-order valence-corrected chi connectivity index (χ1v) is 7.07. The van der Waals surface area contributed by atoms with Gasteiger partial charge >= 0.3 is 5.97 Å². The van der Waals surface area contributed by atoms with Gasteiger partial charge in [0.05, 0.1) is 5.56 Å². The van der Waals surface area contributed by atoms with Crippen molar-refractivity contribution in [1.82, 2.24) is 0 Å². The number of ether oxygens (including phenoxy) is 1. The van der Waals surface area contributed by atoms with Gasteiger partial charge in [-0.2, -0.15) is 0 Å². The number of benzene rings is 2. The van der Waals surface area contributed by atoms with Gasteiger partial charge in [0.25, 0.3) is 5.91 Å². The van der Waals surface area contributed by atoms with Crippen LogP contribution in [0.4, 0.5) is 5.69 Å². The molecule has 0 atom stereocenters. The Morgan fingerprint density at radius 1 is 1.00 bits per heavy atom. The highest BCUT2D eigenvalue weighted by Crippen LogP contribution is 2.16. The normalized spacial score (nSPS) is 10.1. The molecule has 0 heterocycles. The van der Waals surface area contributed by atoms with Gasteiger partial charge < -0.3 is 10.1 Å². The summed E-state index contributed by atoms with van der Waals surface area (Å²) in [6.07, 6.45) is 0. The number of esters is 1. The van der Waals surface area contributed by atoms with E-state index in [0.717, 1.165) is 22.4 Å². The van der Waals surface area contributed by atoms with Gasteiger partial charge in [-0.1, -0.05) is 35.9 Å². The number of carbonyl (C=O) groups is 2. The number of anilines is 1. The highest BCUT2D eigenvalue weighted by molar-refractivity contribution is 5.96. The SMILES string of the molecule is Cc1ccc(NC(=O)COC(=O)c2ccccc2C)c(C)c1. The zero-order valence-corrected chi connectivity index (χ0v) is 13.0. The van der Waals surface area contributed by atoms with Gasteiger partial charge in [0.15, 0.2) is 6.61 Å². The summed E-state index contributed by atoms with van der Waals surface area (Å²) in [5.41, 5.74) is 4.12. The second-order valence-electron chi connectivity index (χ2n) is 5.26. The van der Waals surface area contributed by atoms with Gasteiger partial charge in [-0.05, 0) is 44.0 Å². The molecule has 0 radical (unpaired) electrons. The first-order valence-electron chi connectivity index (χ1n) is 7.07. The predicted octanol–water partition coefficient (Wildman–Crippen LogP) is 3.41. The van der Waals surface area contributed by atoms with Gasteiger partial charge in [-0.25, -0.2) is 4.79 Å². The smallest absolute Gasteiger partial charge is 0.338 e. The lowest BCUT2D eigenvalue weighted by Gasteiger charge is -2.10. The number of amides is 1. The molecule has 0 spiro atoms. The maximum atomic E-state index is 11.9. The van der Waals surface area contributed by atoms with E-state index in [1.54, 1.807) is 12.1 Å². The third kappa shape index (κ3) is 3.95. The van der Waals surface area contributed by atoms with Crippen LogP contribution in [0, 0.1) is 20.8 Å². The summed E-state index contributed by atoms with van der Waals surface area (Å²) < 4.78 is 5.06. The van der Waals surface area contributed by atoms with Gasteiger partial charge in [-0.15, -0.1) is 0 Å². The van der Waals surface area contributed by atoms with Gasteiger partial charge in [0.1, 0.15) is 0 Å². The minimum Gasteiger partial charge on any atom is -0.452 e. The van der Waals surface area contributed by atoms with Crippen molar-refractivity contribution in [3.63, 3.8) is 0 Å². The Kier molecular flexibility index (Phi) is 4.94. The third-order valence-corrected chi connectivity index (χ3v) is 3.36. The molecular weight excluding hydrogens is 278 g/mol. The van der Waals surface area contributed by atoms with E-state index in [4.69, 9.17) is 4.74 Å². The van der Waals surface area contributed by atoms with Crippen LogP contribution in [0.2, 0.25) is 0 Å². The van der Waals surface area contributed by atoms with Gasteiger partial charge in [0, 0.05) is 5.69 Å². The molecule has 0 aliphatic rings. The number of hydrogen-bond acceptors (Lipinski definition) is 3. The lowest BCUT2D eigenvalue weighted by Crippen LogP contribution is -2.21. The Labute approximate surface area is 130 Å². The van der Waals surface area contributed by atoms with E-state index in [1.165, 1.54) is 0 Å². The fourth-order valence-corrected chi connectivity index (χ4v) is 2.15. The van der Waals surface area contributed by atoms with Crippen LogP contribution >= 0.6 is 0 Å². The standard InChI is InChI=1S/C18H19NO3/c1-12-8-9-16(14(3)10-12)19-17(20)11-22-18(21)15-7-5-4-6-13(15)2/h4-10H,11H2,1-3H3,(H,19,20). The van der Waals surface area contributed by atoms with E-state index in [-0.39, 0.29) is 12.5 Å². The molecule has 2 aromatic carbocycles. The lowest BCUT2D eigenvalue weighted by molar-refractivity contribution is -0.119. The summed E-state index contributed by atoms with van der Waals surface area (Å²) in [5.74, 6) is -0.845. The molecule has 2 rings (SSSR count). The molecule has 0 saturated heterocycles. The Balaban J connectivity index is 1.93. The van der Waals surface area contributed by atoms with Crippen molar-refractivity contribution in [2.45, 2.75) is 20.8 Å². The zero-order valence-electron chi connectivity index (χ0n) is 13.0. The number of aryl methyl sites for hydroxylation is 3. The monoisotopic (exact) mass is 297 g/mol. The van der Waals surface area contributed by atoms with Crippen molar-refractivity contribution in [2.24, 2.45) is 0 Å². The summed E-state index contributed by atoms with van der Waals surface area (Å²) in [5, 5.41) is 2.74. The number of carbonyl (C=O) groups excluding carboxylic acids is 2. The molecule has 4 nitrogen and oxygen atoms in total. The zero-order chi connectivity index (χ0) is 16.1. The molecule has 0 aliphatic carbocycles. The summed E-state index contributed by atoms with van der Waals surface area (Å²) in [6.45, 7) is 5.43. The van der Waals surface area contributed by atoms with Crippen molar-refractivity contribution >= 4 is 17.6 Å². The molecule has 0 fully saturated rings. The van der Waals surface area contributed by atoms with Crippen LogP contribution in [0.1, 0.15) is 27.0 Å². The molecular formula is C18H19NO3. The van der Waals surface area contributed by atoms with Crippen LogP contribution < -0.4 is 5.32 Å². The average Bonchev–Trinajstić information content (AvgIpc) is 2.48. The molecule has 22 heavy (non-hydrogen) atoms. The summed E-state index contributed by atoms with van der Waals surface area (Å²) >= 11 is 0.